The molecule has 0 radical (unpaired) electrons. The summed E-state index contributed by atoms with van der Waals surface area (Å²) in [5.41, 5.74) is 3.04. The molecule has 0 saturated heterocycles. The Morgan fingerprint density at radius 1 is 1.15 bits per heavy atom. The number of furan rings is 1. The number of anilines is 1. The third-order valence-electron chi connectivity index (χ3n) is 4.98. The van der Waals surface area contributed by atoms with E-state index < -0.39 is 0 Å². The van der Waals surface area contributed by atoms with E-state index in [2.05, 4.69) is 15.6 Å². The first-order valence-corrected chi connectivity index (χ1v) is 11.5. The van der Waals surface area contributed by atoms with Crippen LogP contribution in [0, 0.1) is 6.92 Å². The van der Waals surface area contributed by atoms with Gasteiger partial charge in [-0.1, -0.05) is 17.8 Å². The number of amides is 2. The monoisotopic (exact) mass is 476 g/mol. The van der Waals surface area contributed by atoms with E-state index in [0.717, 1.165) is 11.3 Å². The summed E-state index contributed by atoms with van der Waals surface area (Å²) in [4.78, 5) is 29.3. The molecule has 0 aliphatic carbocycles. The molecule has 0 fully saturated rings. The first kappa shape index (κ1) is 23.2. The maximum atomic E-state index is 12.5. The Morgan fingerprint density at radius 3 is 2.71 bits per heavy atom. The van der Waals surface area contributed by atoms with Crippen molar-refractivity contribution in [2.24, 2.45) is 0 Å². The normalized spacial score (nSPS) is 10.6. The standard InChI is InChI=1S/C25H24N4O4S/c1-17-5-10-22(32-2)21(14-17)28-23(30)16-34-25-26-11-12-29(25)19-8-6-18(7-9-19)24(31)27-15-20-4-3-13-33-20/h3-14H,15-16H2,1-2H3,(H,27,31)(H,28,30). The molecule has 4 rings (SSSR count). The second kappa shape index (κ2) is 10.8. The highest BCUT2D eigenvalue weighted by atomic mass is 32.2. The van der Waals surface area contributed by atoms with Crippen LogP contribution in [0.3, 0.4) is 0 Å². The number of benzene rings is 2. The summed E-state index contributed by atoms with van der Waals surface area (Å²) >= 11 is 1.32. The van der Waals surface area contributed by atoms with E-state index in [-0.39, 0.29) is 17.6 Å². The topological polar surface area (TPSA) is 98.4 Å². The molecule has 0 spiro atoms. The van der Waals surface area contributed by atoms with Gasteiger partial charge in [-0.05, 0) is 61.0 Å². The minimum absolute atomic E-state index is 0.160. The first-order chi connectivity index (χ1) is 16.5. The van der Waals surface area contributed by atoms with E-state index in [1.807, 2.05) is 48.0 Å². The van der Waals surface area contributed by atoms with Crippen molar-refractivity contribution in [1.29, 1.82) is 0 Å². The Balaban J connectivity index is 1.36. The summed E-state index contributed by atoms with van der Waals surface area (Å²) in [5, 5.41) is 6.38. The summed E-state index contributed by atoms with van der Waals surface area (Å²) in [5.74, 6) is 1.13. The van der Waals surface area contributed by atoms with Crippen LogP contribution in [0.5, 0.6) is 5.75 Å². The highest BCUT2D eigenvalue weighted by Gasteiger charge is 2.13. The molecule has 4 aromatic rings. The predicted molar refractivity (Wildman–Crippen MR) is 131 cm³/mol. The van der Waals surface area contributed by atoms with Crippen molar-refractivity contribution < 1.29 is 18.7 Å². The van der Waals surface area contributed by atoms with E-state index in [1.165, 1.54) is 11.8 Å². The third kappa shape index (κ3) is 5.68. The molecule has 2 N–H and O–H groups in total. The third-order valence-corrected chi connectivity index (χ3v) is 5.95. The van der Waals surface area contributed by atoms with Gasteiger partial charge in [0.25, 0.3) is 5.91 Å². The molecule has 34 heavy (non-hydrogen) atoms. The zero-order valence-electron chi connectivity index (χ0n) is 18.8. The van der Waals surface area contributed by atoms with Crippen LogP contribution >= 0.6 is 11.8 Å². The lowest BCUT2D eigenvalue weighted by Crippen LogP contribution is -2.22. The molecule has 8 nitrogen and oxygen atoms in total. The summed E-state index contributed by atoms with van der Waals surface area (Å²) < 4.78 is 12.4. The number of carbonyl (C=O) groups is 2. The molecule has 2 aromatic heterocycles. The first-order valence-electron chi connectivity index (χ1n) is 10.5. The quantitative estimate of drug-likeness (QED) is 0.347. The number of nitrogens with one attached hydrogen (secondary N) is 2. The highest BCUT2D eigenvalue weighted by molar-refractivity contribution is 7.99. The van der Waals surface area contributed by atoms with Crippen molar-refractivity contribution in [3.05, 3.63) is 90.1 Å². The highest BCUT2D eigenvalue weighted by Crippen LogP contribution is 2.26. The molecule has 2 amide bonds. The molecule has 0 bridgehead atoms. The molecule has 0 unspecified atom stereocenters. The number of rotatable bonds is 9. The van der Waals surface area contributed by atoms with Crippen LogP contribution in [0.1, 0.15) is 21.7 Å². The molecule has 0 atom stereocenters. The molecule has 9 heteroatoms. The van der Waals surface area contributed by atoms with E-state index in [1.54, 1.807) is 43.8 Å². The van der Waals surface area contributed by atoms with Gasteiger partial charge in [0.05, 0.1) is 31.4 Å². The van der Waals surface area contributed by atoms with E-state index in [4.69, 9.17) is 9.15 Å². The van der Waals surface area contributed by atoms with Crippen LogP contribution in [0.25, 0.3) is 5.69 Å². The summed E-state index contributed by atoms with van der Waals surface area (Å²) in [6.07, 6.45) is 5.06. The van der Waals surface area contributed by atoms with Gasteiger partial charge < -0.3 is 19.8 Å². The number of methoxy groups -OCH3 is 1. The van der Waals surface area contributed by atoms with Gasteiger partial charge in [-0.25, -0.2) is 4.98 Å². The lowest BCUT2D eigenvalue weighted by Gasteiger charge is -2.11. The molecule has 2 aromatic carbocycles. The second-order valence-corrected chi connectivity index (χ2v) is 8.37. The number of carbonyl (C=O) groups excluding carboxylic acids is 2. The molecule has 2 heterocycles. The van der Waals surface area contributed by atoms with Gasteiger partial charge in [0.2, 0.25) is 5.91 Å². The van der Waals surface area contributed by atoms with Crippen molar-refractivity contribution in [2.45, 2.75) is 18.6 Å². The van der Waals surface area contributed by atoms with Gasteiger partial charge in [-0.2, -0.15) is 0 Å². The van der Waals surface area contributed by atoms with Crippen LogP contribution in [0.4, 0.5) is 5.69 Å². The minimum Gasteiger partial charge on any atom is -0.495 e. The summed E-state index contributed by atoms with van der Waals surface area (Å²) in [6, 6.07) is 16.4. The van der Waals surface area contributed by atoms with Crippen molar-refractivity contribution in [2.75, 3.05) is 18.2 Å². The molecule has 174 valence electrons. The van der Waals surface area contributed by atoms with E-state index >= 15 is 0 Å². The van der Waals surface area contributed by atoms with Gasteiger partial charge in [-0.3, -0.25) is 14.2 Å². The minimum atomic E-state index is -0.188. The number of thioether (sulfide) groups is 1. The zero-order valence-corrected chi connectivity index (χ0v) is 19.6. The van der Waals surface area contributed by atoms with Crippen LogP contribution in [-0.2, 0) is 11.3 Å². The number of hydrogen-bond donors (Lipinski definition) is 2. The average Bonchev–Trinajstić information content (AvgIpc) is 3.54. The van der Waals surface area contributed by atoms with Crippen LogP contribution in [-0.4, -0.2) is 34.2 Å². The van der Waals surface area contributed by atoms with Gasteiger partial charge >= 0.3 is 0 Å². The molecule has 0 saturated carbocycles. The Labute approximate surface area is 201 Å². The number of hydrogen-bond acceptors (Lipinski definition) is 6. The summed E-state index contributed by atoms with van der Waals surface area (Å²) in [7, 11) is 1.57. The van der Waals surface area contributed by atoms with Gasteiger partial charge in [-0.15, -0.1) is 0 Å². The maximum absolute atomic E-state index is 12.5. The number of ether oxygens (including phenoxy) is 1. The van der Waals surface area contributed by atoms with Gasteiger partial charge in [0, 0.05) is 23.6 Å². The van der Waals surface area contributed by atoms with Crippen LogP contribution < -0.4 is 15.4 Å². The van der Waals surface area contributed by atoms with Crippen LogP contribution in [0.2, 0.25) is 0 Å². The fourth-order valence-corrected chi connectivity index (χ4v) is 4.06. The summed E-state index contributed by atoms with van der Waals surface area (Å²) in [6.45, 7) is 2.28. The van der Waals surface area contributed by atoms with Crippen molar-refractivity contribution in [3.63, 3.8) is 0 Å². The molecule has 0 aliphatic rings. The van der Waals surface area contributed by atoms with E-state index in [9.17, 15) is 9.59 Å². The lowest BCUT2D eigenvalue weighted by molar-refractivity contribution is -0.113. The van der Waals surface area contributed by atoms with Crippen molar-refractivity contribution >= 4 is 29.3 Å². The number of aryl methyl sites for hydroxylation is 1. The predicted octanol–water partition coefficient (Wildman–Crippen LogP) is 4.44. The van der Waals surface area contributed by atoms with E-state index in [0.29, 0.717) is 34.5 Å². The van der Waals surface area contributed by atoms with Gasteiger partial charge in [0.15, 0.2) is 5.16 Å². The van der Waals surface area contributed by atoms with Gasteiger partial charge in [0.1, 0.15) is 11.5 Å². The van der Waals surface area contributed by atoms with Crippen LogP contribution in [0.15, 0.2) is 82.8 Å². The maximum Gasteiger partial charge on any atom is 0.251 e. The van der Waals surface area contributed by atoms with Crippen molar-refractivity contribution in [3.8, 4) is 11.4 Å². The fraction of sp³-hybridized carbons (Fsp3) is 0.160. The second-order valence-electron chi connectivity index (χ2n) is 7.43. The molecular formula is C25H24N4O4S. The Hall–Kier alpha value is -3.98. The Kier molecular flexibility index (Phi) is 7.34. The number of nitrogens with zero attached hydrogens (tertiary/aromatic N) is 2. The Bertz CT molecular complexity index is 1270. The number of aromatic nitrogens is 2. The smallest absolute Gasteiger partial charge is 0.251 e. The Morgan fingerprint density at radius 2 is 1.97 bits per heavy atom. The zero-order chi connectivity index (χ0) is 23.9. The fourth-order valence-electron chi connectivity index (χ4n) is 3.28. The molecule has 0 aliphatic heterocycles. The average molecular weight is 477 g/mol. The molecular weight excluding hydrogens is 452 g/mol. The lowest BCUT2D eigenvalue weighted by atomic mass is 10.2. The van der Waals surface area contributed by atoms with Crippen molar-refractivity contribution in [1.82, 2.24) is 14.9 Å². The number of imidazole rings is 1. The SMILES string of the molecule is COc1ccc(C)cc1NC(=O)CSc1nccn1-c1ccc(C(=O)NCc2ccco2)cc1. The largest absolute Gasteiger partial charge is 0.495 e.